The fraction of sp³-hybridized carbons (Fsp3) is 0.690. The molecule has 3 N–H and O–H groups in total. The van der Waals surface area contributed by atoms with Gasteiger partial charge in [-0.15, -0.1) is 0 Å². The fourth-order valence-electron chi connectivity index (χ4n) is 4.12. The van der Waals surface area contributed by atoms with Gasteiger partial charge in [-0.3, -0.25) is 9.59 Å². The molecule has 1 aromatic carbocycles. The van der Waals surface area contributed by atoms with Gasteiger partial charge in [0.25, 0.3) is 0 Å². The topological polar surface area (TPSA) is 108 Å². The summed E-state index contributed by atoms with van der Waals surface area (Å²) in [5, 5.41) is 16.3. The minimum atomic E-state index is -1.05. The van der Waals surface area contributed by atoms with Crippen molar-refractivity contribution in [3.63, 3.8) is 0 Å². The van der Waals surface area contributed by atoms with Crippen molar-refractivity contribution in [3.8, 4) is 5.75 Å². The van der Waals surface area contributed by atoms with Gasteiger partial charge in [0.1, 0.15) is 23.4 Å². The van der Waals surface area contributed by atoms with Crippen molar-refractivity contribution >= 4 is 30.5 Å². The molecule has 38 heavy (non-hydrogen) atoms. The molecule has 0 saturated heterocycles. The highest BCUT2D eigenvalue weighted by molar-refractivity contribution is 7.80. The Labute approximate surface area is 234 Å². The van der Waals surface area contributed by atoms with Crippen molar-refractivity contribution in [1.82, 2.24) is 15.5 Å². The molecule has 2 unspecified atom stereocenters. The summed E-state index contributed by atoms with van der Waals surface area (Å²) in [6.45, 7) is 10.2. The van der Waals surface area contributed by atoms with E-state index in [9.17, 15) is 19.5 Å². The second-order valence-corrected chi connectivity index (χ2v) is 11.0. The first-order valence-electron chi connectivity index (χ1n) is 14.0. The Kier molecular flexibility index (Phi) is 15.9. The van der Waals surface area contributed by atoms with Crippen LogP contribution in [0.4, 0.5) is 4.79 Å². The summed E-state index contributed by atoms with van der Waals surface area (Å²) < 4.78 is 5.35. The number of phenols is 1. The van der Waals surface area contributed by atoms with Crippen LogP contribution in [0, 0.1) is 0 Å². The number of hydrogen-bond donors (Lipinski definition) is 4. The molecule has 2 atom stereocenters. The zero-order chi connectivity index (χ0) is 28.6. The molecule has 0 aliphatic carbocycles. The number of hydrogen-bond acceptors (Lipinski definition) is 6. The Balaban J connectivity index is 3.29. The summed E-state index contributed by atoms with van der Waals surface area (Å²) in [5.74, 6) is -0.852. The number of rotatable bonds is 17. The number of phenolic OH excluding ortho intramolecular Hbond substituents is 1. The molecule has 9 heteroatoms. The Morgan fingerprint density at radius 2 is 1.58 bits per heavy atom. The summed E-state index contributed by atoms with van der Waals surface area (Å²) in [4.78, 5) is 41.4. The number of carbonyl (C=O) groups excluding carboxylic acids is 3. The van der Waals surface area contributed by atoms with Crippen molar-refractivity contribution in [2.75, 3.05) is 18.8 Å². The number of amides is 3. The summed E-state index contributed by atoms with van der Waals surface area (Å²) in [5.41, 5.74) is -0.390. The van der Waals surface area contributed by atoms with Gasteiger partial charge in [-0.1, -0.05) is 77.0 Å². The Morgan fingerprint density at radius 3 is 2.18 bits per heavy atom. The van der Waals surface area contributed by atoms with Crippen LogP contribution >= 0.6 is 12.6 Å². The Bertz CT molecular complexity index is 859. The van der Waals surface area contributed by atoms with E-state index in [2.05, 4.69) is 37.1 Å². The molecule has 0 bridgehead atoms. The van der Waals surface area contributed by atoms with Gasteiger partial charge < -0.3 is 25.4 Å². The lowest BCUT2D eigenvalue weighted by atomic mass is 10.0. The average Bonchev–Trinajstić information content (AvgIpc) is 2.85. The molecule has 1 aromatic rings. The molecule has 0 aromatic heterocycles. The van der Waals surface area contributed by atoms with Gasteiger partial charge in [-0.25, -0.2) is 4.79 Å². The lowest BCUT2D eigenvalue weighted by Gasteiger charge is -2.34. The third kappa shape index (κ3) is 12.4. The minimum absolute atomic E-state index is 0.0245. The first-order valence-corrected chi connectivity index (χ1v) is 14.6. The van der Waals surface area contributed by atoms with Crippen molar-refractivity contribution in [1.29, 1.82) is 0 Å². The lowest BCUT2D eigenvalue weighted by Crippen LogP contribution is -2.54. The summed E-state index contributed by atoms with van der Waals surface area (Å²) in [6.07, 6.45) is 8.12. The third-order valence-electron chi connectivity index (χ3n) is 6.08. The highest BCUT2D eigenvalue weighted by Gasteiger charge is 2.36. The summed E-state index contributed by atoms with van der Waals surface area (Å²) in [7, 11) is 0. The van der Waals surface area contributed by atoms with Crippen LogP contribution in [0.3, 0.4) is 0 Å². The van der Waals surface area contributed by atoms with Crippen molar-refractivity contribution in [2.24, 2.45) is 0 Å². The number of unbranched alkanes of at least 4 members (excludes halogenated alkanes) is 7. The van der Waals surface area contributed by atoms with Gasteiger partial charge in [0, 0.05) is 24.4 Å². The number of alkyl carbamates (subject to hydrolysis) is 1. The number of benzene rings is 1. The number of thiol groups is 1. The Morgan fingerprint density at radius 1 is 0.974 bits per heavy atom. The van der Waals surface area contributed by atoms with Gasteiger partial charge >= 0.3 is 6.09 Å². The number of aromatic hydroxyl groups is 1. The van der Waals surface area contributed by atoms with Crippen LogP contribution in [0.1, 0.15) is 104 Å². The van der Waals surface area contributed by atoms with Crippen LogP contribution < -0.4 is 10.6 Å². The molecule has 8 nitrogen and oxygen atoms in total. The number of nitrogens with zero attached hydrogens (tertiary/aromatic N) is 1. The van der Waals surface area contributed by atoms with E-state index in [0.29, 0.717) is 25.1 Å². The molecule has 0 saturated carbocycles. The standard InChI is InChI=1S/C29H49N3O5S/c1-6-8-10-11-12-16-20-32(27(35)23(21-38)31-28(36)37-29(3,4)5)25(22-17-13-14-18-24(22)33)26(34)30-19-15-9-7-2/h13-14,17-18,23,25,33,38H,6-12,15-16,19-21H2,1-5H3,(H,30,34)(H,31,36). The lowest BCUT2D eigenvalue weighted by molar-refractivity contribution is -0.142. The molecular weight excluding hydrogens is 502 g/mol. The van der Waals surface area contributed by atoms with Gasteiger partial charge in [-0.2, -0.15) is 12.6 Å². The van der Waals surface area contributed by atoms with Gasteiger partial charge in [0.15, 0.2) is 0 Å². The highest BCUT2D eigenvalue weighted by atomic mass is 32.1. The van der Waals surface area contributed by atoms with E-state index in [1.807, 2.05) is 0 Å². The number of carbonyl (C=O) groups is 3. The van der Waals surface area contributed by atoms with E-state index >= 15 is 0 Å². The molecule has 0 fully saturated rings. The quantitative estimate of drug-likeness (QED) is 0.146. The van der Waals surface area contributed by atoms with Gasteiger partial charge in [-0.05, 0) is 39.7 Å². The molecule has 216 valence electrons. The monoisotopic (exact) mass is 551 g/mol. The molecule has 0 radical (unpaired) electrons. The number of ether oxygens (including phenoxy) is 1. The predicted octanol–water partition coefficient (Wildman–Crippen LogP) is 5.75. The second kappa shape index (κ2) is 18.0. The van der Waals surface area contributed by atoms with Crippen LogP contribution in [0.25, 0.3) is 0 Å². The first kappa shape index (κ1) is 33.6. The van der Waals surface area contributed by atoms with Crippen molar-refractivity contribution in [2.45, 2.75) is 110 Å². The molecule has 1 rings (SSSR count). The largest absolute Gasteiger partial charge is 0.508 e. The van der Waals surface area contributed by atoms with E-state index in [0.717, 1.165) is 51.4 Å². The van der Waals surface area contributed by atoms with Gasteiger partial charge in [0.2, 0.25) is 11.8 Å². The summed E-state index contributed by atoms with van der Waals surface area (Å²) >= 11 is 4.32. The van der Waals surface area contributed by atoms with E-state index in [-0.39, 0.29) is 17.4 Å². The van der Waals surface area contributed by atoms with E-state index in [4.69, 9.17) is 4.74 Å². The maximum Gasteiger partial charge on any atom is 0.408 e. The van der Waals surface area contributed by atoms with Crippen LogP contribution in [0.5, 0.6) is 5.75 Å². The number of para-hydroxylation sites is 1. The molecule has 0 spiro atoms. The van der Waals surface area contributed by atoms with E-state index < -0.39 is 29.7 Å². The molecule has 0 aliphatic rings. The Hall–Kier alpha value is -2.42. The minimum Gasteiger partial charge on any atom is -0.508 e. The first-order chi connectivity index (χ1) is 18.1. The number of nitrogens with one attached hydrogen (secondary N) is 2. The average molecular weight is 552 g/mol. The maximum atomic E-state index is 13.9. The van der Waals surface area contributed by atoms with Crippen LogP contribution in [0.2, 0.25) is 0 Å². The molecule has 0 heterocycles. The summed E-state index contributed by atoms with van der Waals surface area (Å²) in [6, 6.07) is 4.52. The molecular formula is C29H49N3O5S. The highest BCUT2D eigenvalue weighted by Crippen LogP contribution is 2.30. The smallest absolute Gasteiger partial charge is 0.408 e. The fourth-order valence-corrected chi connectivity index (χ4v) is 4.36. The zero-order valence-corrected chi connectivity index (χ0v) is 24.8. The third-order valence-corrected chi connectivity index (χ3v) is 6.44. The SMILES string of the molecule is CCCCCCCCN(C(=O)C(CS)NC(=O)OC(C)(C)C)C(C(=O)NCCCCC)c1ccccc1O. The van der Waals surface area contributed by atoms with Crippen LogP contribution in [0.15, 0.2) is 24.3 Å². The molecule has 0 aliphatic heterocycles. The van der Waals surface area contributed by atoms with Crippen LogP contribution in [-0.4, -0.2) is 58.4 Å². The van der Waals surface area contributed by atoms with Crippen molar-refractivity contribution < 1.29 is 24.2 Å². The van der Waals surface area contributed by atoms with E-state index in [1.54, 1.807) is 39.0 Å². The normalized spacial score (nSPS) is 12.9. The zero-order valence-electron chi connectivity index (χ0n) is 23.9. The maximum absolute atomic E-state index is 13.9. The van der Waals surface area contributed by atoms with Crippen LogP contribution in [-0.2, 0) is 14.3 Å². The predicted molar refractivity (Wildman–Crippen MR) is 155 cm³/mol. The molecule has 3 amide bonds. The second-order valence-electron chi connectivity index (χ2n) is 10.6. The van der Waals surface area contributed by atoms with Gasteiger partial charge in [0.05, 0.1) is 0 Å². The van der Waals surface area contributed by atoms with Crippen molar-refractivity contribution in [3.05, 3.63) is 29.8 Å². The van der Waals surface area contributed by atoms with E-state index in [1.165, 1.54) is 11.0 Å².